The van der Waals surface area contributed by atoms with Crippen LogP contribution in [-0.4, -0.2) is 27.1 Å². The van der Waals surface area contributed by atoms with Gasteiger partial charge in [0.2, 0.25) is 5.95 Å². The zero-order chi connectivity index (χ0) is 13.2. The van der Waals surface area contributed by atoms with E-state index in [1.54, 1.807) is 6.92 Å². The lowest BCUT2D eigenvalue weighted by Crippen LogP contribution is -2.31. The van der Waals surface area contributed by atoms with Crippen molar-refractivity contribution in [2.75, 3.05) is 5.32 Å². The van der Waals surface area contributed by atoms with Gasteiger partial charge in [-0.1, -0.05) is 20.8 Å². The molecule has 0 spiro atoms. The molecule has 0 saturated carbocycles. The lowest BCUT2D eigenvalue weighted by Gasteiger charge is -2.28. The Bertz CT molecular complexity index is 424. The van der Waals surface area contributed by atoms with Gasteiger partial charge in [0, 0.05) is 12.2 Å². The molecule has 0 saturated heterocycles. The minimum Gasteiger partial charge on any atom is -0.478 e. The topological polar surface area (TPSA) is 75.1 Å². The highest BCUT2D eigenvalue weighted by atomic mass is 16.4. The normalized spacial score (nSPS) is 13.2. The molecule has 2 N–H and O–H groups in total. The number of nitrogens with zero attached hydrogens (tertiary/aromatic N) is 2. The Labute approximate surface area is 101 Å². The molecule has 1 unspecified atom stereocenters. The molecule has 0 amide bonds. The van der Waals surface area contributed by atoms with Gasteiger partial charge in [0.05, 0.1) is 11.3 Å². The van der Waals surface area contributed by atoms with Crippen molar-refractivity contribution in [2.45, 2.75) is 40.7 Å². The van der Waals surface area contributed by atoms with E-state index in [0.29, 0.717) is 11.6 Å². The molecule has 5 nitrogen and oxygen atoms in total. The van der Waals surface area contributed by atoms with Gasteiger partial charge in [-0.2, -0.15) is 0 Å². The second kappa shape index (κ2) is 4.69. The maximum atomic E-state index is 10.8. The van der Waals surface area contributed by atoms with E-state index >= 15 is 0 Å². The van der Waals surface area contributed by atoms with Gasteiger partial charge in [-0.05, 0) is 19.3 Å². The van der Waals surface area contributed by atoms with Crippen LogP contribution in [0.2, 0.25) is 0 Å². The van der Waals surface area contributed by atoms with Crippen LogP contribution in [0, 0.1) is 12.3 Å². The molecule has 1 rings (SSSR count). The quantitative estimate of drug-likeness (QED) is 0.843. The van der Waals surface area contributed by atoms with Crippen molar-refractivity contribution in [3.05, 3.63) is 17.5 Å². The number of carboxylic acids is 1. The average molecular weight is 237 g/mol. The molecule has 0 aliphatic heterocycles. The largest absolute Gasteiger partial charge is 0.478 e. The Hall–Kier alpha value is -1.65. The Morgan fingerprint density at radius 2 is 2.06 bits per heavy atom. The van der Waals surface area contributed by atoms with E-state index in [0.717, 1.165) is 0 Å². The fourth-order valence-corrected chi connectivity index (χ4v) is 1.16. The molecule has 0 fully saturated rings. The minimum atomic E-state index is -1.00. The number of carboxylic acid groups (broad SMARTS) is 1. The number of aryl methyl sites for hydroxylation is 1. The predicted octanol–water partition coefficient (Wildman–Crippen LogP) is 2.33. The lowest BCUT2D eigenvalue weighted by atomic mass is 9.88. The molecule has 1 aromatic rings. The number of carbonyl (C=O) groups is 1. The minimum absolute atomic E-state index is 0.0860. The molecule has 0 radical (unpaired) electrons. The Morgan fingerprint density at radius 1 is 1.47 bits per heavy atom. The Balaban J connectivity index is 2.88. The first-order valence-electron chi connectivity index (χ1n) is 5.55. The standard InChI is InChI=1S/C12H19N3O2/c1-7-9(10(16)17)6-13-11(14-7)15-8(2)12(3,4)5/h6,8H,1-5H3,(H,16,17)(H,13,14,15). The number of hydrogen-bond donors (Lipinski definition) is 2. The first kappa shape index (κ1) is 13.4. The first-order chi connectivity index (χ1) is 7.71. The molecule has 0 aliphatic carbocycles. The molecule has 17 heavy (non-hydrogen) atoms. The molecule has 0 bridgehead atoms. The van der Waals surface area contributed by atoms with E-state index < -0.39 is 5.97 Å². The van der Waals surface area contributed by atoms with Crippen molar-refractivity contribution in [3.8, 4) is 0 Å². The van der Waals surface area contributed by atoms with Crippen LogP contribution >= 0.6 is 0 Å². The monoisotopic (exact) mass is 237 g/mol. The molecule has 94 valence electrons. The first-order valence-corrected chi connectivity index (χ1v) is 5.55. The summed E-state index contributed by atoms with van der Waals surface area (Å²) < 4.78 is 0. The second-order valence-corrected chi connectivity index (χ2v) is 5.23. The maximum absolute atomic E-state index is 10.8. The SMILES string of the molecule is Cc1nc(NC(C)C(C)(C)C)ncc1C(=O)O. The zero-order valence-corrected chi connectivity index (χ0v) is 10.9. The van der Waals surface area contributed by atoms with Gasteiger partial charge in [0.1, 0.15) is 0 Å². The summed E-state index contributed by atoms with van der Waals surface area (Å²) in [6, 6.07) is 0.192. The van der Waals surface area contributed by atoms with Crippen LogP contribution in [0.15, 0.2) is 6.20 Å². The van der Waals surface area contributed by atoms with Gasteiger partial charge < -0.3 is 10.4 Å². The van der Waals surface area contributed by atoms with E-state index in [2.05, 4.69) is 36.1 Å². The summed E-state index contributed by atoms with van der Waals surface area (Å²) in [6.45, 7) is 10.1. The number of rotatable bonds is 3. The lowest BCUT2D eigenvalue weighted by molar-refractivity contribution is 0.0695. The third kappa shape index (κ3) is 3.41. The van der Waals surface area contributed by atoms with Gasteiger partial charge >= 0.3 is 5.97 Å². The van der Waals surface area contributed by atoms with Crippen molar-refractivity contribution >= 4 is 11.9 Å². The maximum Gasteiger partial charge on any atom is 0.339 e. The van der Waals surface area contributed by atoms with E-state index in [4.69, 9.17) is 5.11 Å². The summed E-state index contributed by atoms with van der Waals surface area (Å²) >= 11 is 0. The van der Waals surface area contributed by atoms with E-state index in [1.807, 2.05) is 6.92 Å². The molecule has 1 heterocycles. The third-order valence-corrected chi connectivity index (χ3v) is 2.85. The van der Waals surface area contributed by atoms with Crippen LogP contribution in [0.5, 0.6) is 0 Å². The fraction of sp³-hybridized carbons (Fsp3) is 0.583. The summed E-state index contributed by atoms with van der Waals surface area (Å²) in [5.74, 6) is -0.534. The van der Waals surface area contributed by atoms with E-state index in [9.17, 15) is 4.79 Å². The number of aromatic carboxylic acids is 1. The van der Waals surface area contributed by atoms with Gasteiger partial charge in [-0.25, -0.2) is 14.8 Å². The fourth-order valence-electron chi connectivity index (χ4n) is 1.16. The number of nitrogens with one attached hydrogen (secondary N) is 1. The van der Waals surface area contributed by atoms with Gasteiger partial charge in [0.15, 0.2) is 0 Å². The van der Waals surface area contributed by atoms with Crippen LogP contribution in [0.4, 0.5) is 5.95 Å². The summed E-state index contributed by atoms with van der Waals surface area (Å²) in [5.41, 5.74) is 0.693. The summed E-state index contributed by atoms with van der Waals surface area (Å²) in [7, 11) is 0. The smallest absolute Gasteiger partial charge is 0.339 e. The summed E-state index contributed by atoms with van der Waals surface area (Å²) in [4.78, 5) is 19.0. The van der Waals surface area contributed by atoms with E-state index in [1.165, 1.54) is 6.20 Å². The molecule has 0 aliphatic rings. The number of aromatic nitrogens is 2. The van der Waals surface area contributed by atoms with Crippen LogP contribution in [0.25, 0.3) is 0 Å². The highest BCUT2D eigenvalue weighted by Crippen LogP contribution is 2.21. The summed E-state index contributed by atoms with van der Waals surface area (Å²) in [6.07, 6.45) is 1.34. The van der Waals surface area contributed by atoms with Crippen LogP contribution in [-0.2, 0) is 0 Å². The average Bonchev–Trinajstić information content (AvgIpc) is 2.15. The highest BCUT2D eigenvalue weighted by Gasteiger charge is 2.21. The molecular weight excluding hydrogens is 218 g/mol. The van der Waals surface area contributed by atoms with Gasteiger partial charge in [0.25, 0.3) is 0 Å². The Kier molecular flexibility index (Phi) is 3.70. The Morgan fingerprint density at radius 3 is 2.47 bits per heavy atom. The summed E-state index contributed by atoms with van der Waals surface area (Å²) in [5, 5.41) is 12.0. The van der Waals surface area contributed by atoms with Crippen LogP contribution in [0.3, 0.4) is 0 Å². The molecule has 0 aromatic carbocycles. The van der Waals surface area contributed by atoms with Gasteiger partial charge in [-0.15, -0.1) is 0 Å². The second-order valence-electron chi connectivity index (χ2n) is 5.23. The van der Waals surface area contributed by atoms with Crippen LogP contribution < -0.4 is 5.32 Å². The van der Waals surface area contributed by atoms with Crippen molar-refractivity contribution < 1.29 is 9.90 Å². The molecular formula is C12H19N3O2. The van der Waals surface area contributed by atoms with Crippen molar-refractivity contribution in [2.24, 2.45) is 5.41 Å². The molecule has 5 heteroatoms. The molecule has 1 atom stereocenters. The van der Waals surface area contributed by atoms with Crippen LogP contribution in [0.1, 0.15) is 43.7 Å². The van der Waals surface area contributed by atoms with Gasteiger partial charge in [-0.3, -0.25) is 0 Å². The molecule has 1 aromatic heterocycles. The zero-order valence-electron chi connectivity index (χ0n) is 10.9. The number of anilines is 1. The van der Waals surface area contributed by atoms with E-state index in [-0.39, 0.29) is 17.0 Å². The predicted molar refractivity (Wildman–Crippen MR) is 66.3 cm³/mol. The highest BCUT2D eigenvalue weighted by molar-refractivity contribution is 5.88. The van der Waals surface area contributed by atoms with Crippen molar-refractivity contribution in [3.63, 3.8) is 0 Å². The van der Waals surface area contributed by atoms with Crippen molar-refractivity contribution in [1.29, 1.82) is 0 Å². The third-order valence-electron chi connectivity index (χ3n) is 2.85. The number of hydrogen-bond acceptors (Lipinski definition) is 4. The van der Waals surface area contributed by atoms with Crippen molar-refractivity contribution in [1.82, 2.24) is 9.97 Å².